The molecule has 0 aliphatic carbocycles. The minimum absolute atomic E-state index is 0.0542. The number of hydrogen-bond donors (Lipinski definition) is 1. The molecule has 0 saturated carbocycles. The van der Waals surface area contributed by atoms with Gasteiger partial charge in [0.2, 0.25) is 0 Å². The molecule has 5 nitrogen and oxygen atoms in total. The first-order valence-electron chi connectivity index (χ1n) is 7.33. The molecule has 1 atom stereocenters. The summed E-state index contributed by atoms with van der Waals surface area (Å²) in [6, 6.07) is 3.65. The molecule has 1 unspecified atom stereocenters. The molecule has 0 spiro atoms. The van der Waals surface area contributed by atoms with Gasteiger partial charge in [0, 0.05) is 32.9 Å². The summed E-state index contributed by atoms with van der Waals surface area (Å²) in [5.41, 5.74) is 0.636. The number of pyridine rings is 1. The van der Waals surface area contributed by atoms with E-state index in [0.29, 0.717) is 24.6 Å². The number of anilines is 1. The van der Waals surface area contributed by atoms with E-state index in [4.69, 9.17) is 4.74 Å². The van der Waals surface area contributed by atoms with Crippen molar-refractivity contribution in [3.63, 3.8) is 0 Å². The zero-order chi connectivity index (χ0) is 15.1. The fourth-order valence-electron chi connectivity index (χ4n) is 2.61. The number of rotatable bonds is 6. The van der Waals surface area contributed by atoms with E-state index >= 15 is 0 Å². The fraction of sp³-hybridized carbons (Fsp3) is 0.500. The van der Waals surface area contributed by atoms with Gasteiger partial charge in [0.15, 0.2) is 0 Å². The molecule has 1 fully saturated rings. The van der Waals surface area contributed by atoms with Crippen molar-refractivity contribution < 1.29 is 9.53 Å². The monoisotopic (exact) mass is 289 g/mol. The first-order chi connectivity index (χ1) is 10.2. The molecule has 114 valence electrons. The minimum atomic E-state index is 0.0542. The van der Waals surface area contributed by atoms with Gasteiger partial charge >= 0.3 is 0 Å². The zero-order valence-corrected chi connectivity index (χ0v) is 12.5. The van der Waals surface area contributed by atoms with E-state index in [1.807, 2.05) is 17.0 Å². The van der Waals surface area contributed by atoms with E-state index in [0.717, 1.165) is 31.7 Å². The number of aromatic nitrogens is 1. The molecular weight excluding hydrogens is 266 g/mol. The van der Waals surface area contributed by atoms with Gasteiger partial charge in [-0.3, -0.25) is 4.79 Å². The molecule has 2 rings (SSSR count). The highest BCUT2D eigenvalue weighted by Gasteiger charge is 2.24. The second-order valence-corrected chi connectivity index (χ2v) is 5.32. The normalized spacial score (nSPS) is 18.3. The number of hydrogen-bond acceptors (Lipinski definition) is 4. The van der Waals surface area contributed by atoms with Gasteiger partial charge in [-0.15, -0.1) is 6.58 Å². The maximum absolute atomic E-state index is 12.5. The van der Waals surface area contributed by atoms with Crippen LogP contribution in [0.25, 0.3) is 0 Å². The number of piperidine rings is 1. The molecule has 1 N–H and O–H groups in total. The van der Waals surface area contributed by atoms with Crippen LogP contribution in [0.5, 0.6) is 0 Å². The number of amides is 1. The molecule has 0 bridgehead atoms. The molecule has 1 aliphatic heterocycles. The number of carbonyl (C=O) groups is 1. The Morgan fingerprint density at radius 1 is 1.62 bits per heavy atom. The Morgan fingerprint density at radius 2 is 2.48 bits per heavy atom. The highest BCUT2D eigenvalue weighted by atomic mass is 16.5. The van der Waals surface area contributed by atoms with Crippen LogP contribution in [0.1, 0.15) is 23.2 Å². The van der Waals surface area contributed by atoms with Crippen LogP contribution in [-0.2, 0) is 4.74 Å². The fourth-order valence-corrected chi connectivity index (χ4v) is 2.61. The summed E-state index contributed by atoms with van der Waals surface area (Å²) in [5.74, 6) is 1.25. The quantitative estimate of drug-likeness (QED) is 0.816. The van der Waals surface area contributed by atoms with Gasteiger partial charge in [0.25, 0.3) is 5.91 Å². The number of ether oxygens (including phenoxy) is 1. The summed E-state index contributed by atoms with van der Waals surface area (Å²) in [7, 11) is 1.71. The molecule has 2 heterocycles. The van der Waals surface area contributed by atoms with Gasteiger partial charge in [-0.05, 0) is 30.9 Å². The number of nitrogens with zero attached hydrogens (tertiary/aromatic N) is 2. The second kappa shape index (κ2) is 7.78. The maximum atomic E-state index is 12.5. The summed E-state index contributed by atoms with van der Waals surface area (Å²) >= 11 is 0. The van der Waals surface area contributed by atoms with Crippen LogP contribution in [0.2, 0.25) is 0 Å². The molecule has 5 heteroatoms. The molecule has 1 aliphatic rings. The Kier molecular flexibility index (Phi) is 5.75. The van der Waals surface area contributed by atoms with Crippen LogP contribution in [-0.4, -0.2) is 49.1 Å². The van der Waals surface area contributed by atoms with Gasteiger partial charge in [-0.1, -0.05) is 6.08 Å². The Bertz CT molecular complexity index is 471. The van der Waals surface area contributed by atoms with E-state index in [2.05, 4.69) is 16.9 Å². The second-order valence-electron chi connectivity index (χ2n) is 5.32. The lowest BCUT2D eigenvalue weighted by Crippen LogP contribution is -2.41. The van der Waals surface area contributed by atoms with Crippen molar-refractivity contribution in [2.75, 3.05) is 38.7 Å². The maximum Gasteiger partial charge on any atom is 0.255 e. The third kappa shape index (κ3) is 4.29. The third-order valence-corrected chi connectivity index (χ3v) is 3.65. The predicted octanol–water partition coefficient (Wildman–Crippen LogP) is 2.18. The van der Waals surface area contributed by atoms with Crippen LogP contribution in [0.4, 0.5) is 5.82 Å². The lowest BCUT2D eigenvalue weighted by atomic mass is 9.98. The van der Waals surface area contributed by atoms with Crippen LogP contribution in [0.3, 0.4) is 0 Å². The topological polar surface area (TPSA) is 54.5 Å². The van der Waals surface area contributed by atoms with Crippen molar-refractivity contribution in [3.8, 4) is 0 Å². The summed E-state index contributed by atoms with van der Waals surface area (Å²) < 4.78 is 5.20. The molecule has 1 saturated heterocycles. The van der Waals surface area contributed by atoms with Gasteiger partial charge in [0.05, 0.1) is 12.2 Å². The highest BCUT2D eigenvalue weighted by Crippen LogP contribution is 2.19. The average Bonchev–Trinajstić information content (AvgIpc) is 2.53. The molecule has 21 heavy (non-hydrogen) atoms. The van der Waals surface area contributed by atoms with Crippen molar-refractivity contribution in [2.45, 2.75) is 12.8 Å². The standard InChI is InChI=1S/C16H23N3O2/c1-3-8-17-15-7-6-14(10-18-15)16(20)19-9-4-5-13(11-19)12-21-2/h3,6-7,10,13H,1,4-5,8-9,11-12H2,2H3,(H,17,18). The molecule has 0 aromatic carbocycles. The van der Waals surface area contributed by atoms with Gasteiger partial charge in [0.1, 0.15) is 5.82 Å². The Hall–Kier alpha value is -1.88. The molecule has 0 radical (unpaired) electrons. The zero-order valence-electron chi connectivity index (χ0n) is 12.5. The number of likely N-dealkylation sites (tertiary alicyclic amines) is 1. The van der Waals surface area contributed by atoms with E-state index in [1.165, 1.54) is 0 Å². The van der Waals surface area contributed by atoms with Crippen molar-refractivity contribution in [3.05, 3.63) is 36.5 Å². The third-order valence-electron chi connectivity index (χ3n) is 3.65. The summed E-state index contributed by atoms with van der Waals surface area (Å²) in [4.78, 5) is 18.6. The molecule has 1 aromatic rings. The van der Waals surface area contributed by atoms with Gasteiger partial charge in [-0.25, -0.2) is 4.98 Å². The number of carbonyl (C=O) groups excluding carboxylic acids is 1. The Balaban J connectivity index is 1.97. The lowest BCUT2D eigenvalue weighted by Gasteiger charge is -2.32. The number of methoxy groups -OCH3 is 1. The van der Waals surface area contributed by atoms with Crippen LogP contribution < -0.4 is 5.32 Å². The van der Waals surface area contributed by atoms with Crippen molar-refractivity contribution in [2.24, 2.45) is 5.92 Å². The van der Waals surface area contributed by atoms with Crippen molar-refractivity contribution in [1.29, 1.82) is 0 Å². The van der Waals surface area contributed by atoms with E-state index < -0.39 is 0 Å². The smallest absolute Gasteiger partial charge is 0.255 e. The lowest BCUT2D eigenvalue weighted by molar-refractivity contribution is 0.0570. The predicted molar refractivity (Wildman–Crippen MR) is 83.4 cm³/mol. The highest BCUT2D eigenvalue weighted by molar-refractivity contribution is 5.94. The Morgan fingerprint density at radius 3 is 3.14 bits per heavy atom. The van der Waals surface area contributed by atoms with Gasteiger partial charge < -0.3 is 15.0 Å². The van der Waals surface area contributed by atoms with E-state index in [9.17, 15) is 4.79 Å². The minimum Gasteiger partial charge on any atom is -0.384 e. The van der Waals surface area contributed by atoms with Crippen LogP contribution in [0.15, 0.2) is 31.0 Å². The first-order valence-corrected chi connectivity index (χ1v) is 7.33. The van der Waals surface area contributed by atoms with Crippen molar-refractivity contribution >= 4 is 11.7 Å². The SMILES string of the molecule is C=CCNc1ccc(C(=O)N2CCCC(COC)C2)cn1. The molecule has 1 amide bonds. The van der Waals surface area contributed by atoms with Gasteiger partial charge in [-0.2, -0.15) is 0 Å². The summed E-state index contributed by atoms with van der Waals surface area (Å²) in [5, 5.41) is 3.09. The van der Waals surface area contributed by atoms with Crippen LogP contribution in [0, 0.1) is 5.92 Å². The molecule has 1 aromatic heterocycles. The van der Waals surface area contributed by atoms with Crippen LogP contribution >= 0.6 is 0 Å². The Labute approximate surface area is 126 Å². The largest absolute Gasteiger partial charge is 0.384 e. The van der Waals surface area contributed by atoms with E-state index in [1.54, 1.807) is 19.4 Å². The van der Waals surface area contributed by atoms with Crippen molar-refractivity contribution in [1.82, 2.24) is 9.88 Å². The summed E-state index contributed by atoms with van der Waals surface area (Å²) in [6.07, 6.45) is 5.56. The summed E-state index contributed by atoms with van der Waals surface area (Å²) in [6.45, 7) is 6.60. The molecular formula is C16H23N3O2. The average molecular weight is 289 g/mol. The first kappa shape index (κ1) is 15.5. The number of nitrogens with one attached hydrogen (secondary N) is 1. The van der Waals surface area contributed by atoms with E-state index in [-0.39, 0.29) is 5.91 Å².